The molecule has 0 bridgehead atoms. The Hall–Kier alpha value is -0.880. The summed E-state index contributed by atoms with van der Waals surface area (Å²) < 4.78 is 0. The zero-order chi connectivity index (χ0) is 10.2. The first-order valence-corrected chi connectivity index (χ1v) is 5.80. The number of amidine groups is 1. The SMILES string of the molecule is CC#CCC(C)CSC1=NCC=CN1. The third-order valence-corrected chi connectivity index (χ3v) is 3.05. The maximum absolute atomic E-state index is 4.33. The molecule has 1 heterocycles. The largest absolute Gasteiger partial charge is 0.342 e. The van der Waals surface area contributed by atoms with Crippen molar-refractivity contribution in [1.29, 1.82) is 0 Å². The molecule has 1 atom stereocenters. The summed E-state index contributed by atoms with van der Waals surface area (Å²) in [6, 6.07) is 0. The van der Waals surface area contributed by atoms with Gasteiger partial charge in [-0.3, -0.25) is 4.99 Å². The number of hydrogen-bond donors (Lipinski definition) is 1. The fourth-order valence-corrected chi connectivity index (χ4v) is 1.89. The fraction of sp³-hybridized carbons (Fsp3) is 0.545. The lowest BCUT2D eigenvalue weighted by atomic mass is 10.1. The molecule has 0 saturated heterocycles. The molecular formula is C11H16N2S. The van der Waals surface area contributed by atoms with Gasteiger partial charge in [-0.2, -0.15) is 0 Å². The van der Waals surface area contributed by atoms with Crippen LogP contribution in [0, 0.1) is 17.8 Å². The Kier molecular flexibility index (Phi) is 5.24. The molecule has 0 aromatic carbocycles. The van der Waals surface area contributed by atoms with Crippen molar-refractivity contribution in [1.82, 2.24) is 5.32 Å². The minimum Gasteiger partial charge on any atom is -0.342 e. The molecule has 1 aliphatic heterocycles. The minimum atomic E-state index is 0.628. The zero-order valence-electron chi connectivity index (χ0n) is 8.71. The van der Waals surface area contributed by atoms with Gasteiger partial charge in [-0.05, 0) is 18.9 Å². The first-order chi connectivity index (χ1) is 6.83. The first kappa shape index (κ1) is 11.2. The molecule has 76 valence electrons. The van der Waals surface area contributed by atoms with Crippen molar-refractivity contribution in [3.8, 4) is 11.8 Å². The second kappa shape index (κ2) is 6.56. The van der Waals surface area contributed by atoms with Crippen LogP contribution in [0.25, 0.3) is 0 Å². The van der Waals surface area contributed by atoms with Gasteiger partial charge in [0.05, 0.1) is 6.54 Å². The van der Waals surface area contributed by atoms with Gasteiger partial charge < -0.3 is 5.32 Å². The van der Waals surface area contributed by atoms with Crippen molar-refractivity contribution in [3.63, 3.8) is 0 Å². The summed E-state index contributed by atoms with van der Waals surface area (Å²) in [6.45, 7) is 4.91. The Balaban J connectivity index is 2.18. The molecule has 0 radical (unpaired) electrons. The monoisotopic (exact) mass is 208 g/mol. The zero-order valence-corrected chi connectivity index (χ0v) is 9.53. The van der Waals surface area contributed by atoms with Gasteiger partial charge in [-0.15, -0.1) is 11.8 Å². The van der Waals surface area contributed by atoms with E-state index in [-0.39, 0.29) is 0 Å². The molecule has 0 aromatic heterocycles. The lowest BCUT2D eigenvalue weighted by molar-refractivity contribution is 0.689. The van der Waals surface area contributed by atoms with E-state index >= 15 is 0 Å². The highest BCUT2D eigenvalue weighted by atomic mass is 32.2. The van der Waals surface area contributed by atoms with E-state index in [0.29, 0.717) is 5.92 Å². The van der Waals surface area contributed by atoms with Crippen LogP contribution in [0.1, 0.15) is 20.3 Å². The minimum absolute atomic E-state index is 0.628. The predicted molar refractivity (Wildman–Crippen MR) is 64.3 cm³/mol. The molecule has 2 nitrogen and oxygen atoms in total. The summed E-state index contributed by atoms with van der Waals surface area (Å²) >= 11 is 1.78. The number of rotatable bonds is 3. The van der Waals surface area contributed by atoms with Gasteiger partial charge in [0.15, 0.2) is 5.17 Å². The number of nitrogens with one attached hydrogen (secondary N) is 1. The molecular weight excluding hydrogens is 192 g/mol. The molecule has 0 saturated carbocycles. The highest BCUT2D eigenvalue weighted by molar-refractivity contribution is 8.13. The maximum Gasteiger partial charge on any atom is 0.160 e. The molecule has 1 N–H and O–H groups in total. The summed E-state index contributed by atoms with van der Waals surface area (Å²) in [5, 5.41) is 4.16. The Morgan fingerprint density at radius 2 is 2.57 bits per heavy atom. The number of nitrogens with zero attached hydrogens (tertiary/aromatic N) is 1. The molecule has 1 unspecified atom stereocenters. The van der Waals surface area contributed by atoms with E-state index in [1.54, 1.807) is 11.8 Å². The molecule has 1 rings (SSSR count). The second-order valence-electron chi connectivity index (χ2n) is 3.24. The summed E-state index contributed by atoms with van der Waals surface area (Å²) in [6.07, 6.45) is 4.94. The highest BCUT2D eigenvalue weighted by Gasteiger charge is 2.04. The number of hydrogen-bond acceptors (Lipinski definition) is 3. The molecule has 0 amide bonds. The molecule has 3 heteroatoms. The van der Waals surface area contributed by atoms with Gasteiger partial charge in [0, 0.05) is 18.4 Å². The van der Waals surface area contributed by atoms with E-state index in [9.17, 15) is 0 Å². The standard InChI is InChI=1S/C11H16N2S/c1-3-4-6-10(2)9-14-11-12-7-5-8-13-11/h5,7,10H,6,8-9H2,1-2H3,(H,12,13). The predicted octanol–water partition coefficient (Wildman–Crippen LogP) is 2.24. The summed E-state index contributed by atoms with van der Waals surface area (Å²) in [7, 11) is 0. The maximum atomic E-state index is 4.33. The van der Waals surface area contributed by atoms with Crippen LogP contribution in [0.3, 0.4) is 0 Å². The molecule has 0 aromatic rings. The second-order valence-corrected chi connectivity index (χ2v) is 4.25. The van der Waals surface area contributed by atoms with Crippen molar-refractivity contribution in [2.45, 2.75) is 20.3 Å². The van der Waals surface area contributed by atoms with Crippen LogP contribution in [0.2, 0.25) is 0 Å². The average molecular weight is 208 g/mol. The topological polar surface area (TPSA) is 24.4 Å². The molecule has 1 aliphatic rings. The van der Waals surface area contributed by atoms with E-state index in [1.807, 2.05) is 19.2 Å². The van der Waals surface area contributed by atoms with Gasteiger partial charge in [-0.25, -0.2) is 0 Å². The molecule has 0 fully saturated rings. The normalized spacial score (nSPS) is 16.3. The van der Waals surface area contributed by atoms with Gasteiger partial charge in [0.1, 0.15) is 0 Å². The van der Waals surface area contributed by atoms with Crippen molar-refractivity contribution in [2.75, 3.05) is 12.3 Å². The molecule has 14 heavy (non-hydrogen) atoms. The third-order valence-electron chi connectivity index (χ3n) is 1.80. The Bertz CT molecular complexity index is 283. The average Bonchev–Trinajstić information content (AvgIpc) is 2.25. The van der Waals surface area contributed by atoms with Crippen LogP contribution in [0.15, 0.2) is 17.3 Å². The first-order valence-electron chi connectivity index (χ1n) is 4.81. The summed E-state index contributed by atoms with van der Waals surface area (Å²) in [5.74, 6) is 7.72. The van der Waals surface area contributed by atoms with E-state index in [4.69, 9.17) is 0 Å². The number of thioether (sulfide) groups is 1. The van der Waals surface area contributed by atoms with Crippen molar-refractivity contribution in [3.05, 3.63) is 12.3 Å². The fourth-order valence-electron chi connectivity index (χ4n) is 1.01. The summed E-state index contributed by atoms with van der Waals surface area (Å²) in [5.41, 5.74) is 0. The Morgan fingerprint density at radius 3 is 3.21 bits per heavy atom. The van der Waals surface area contributed by atoms with Crippen molar-refractivity contribution >= 4 is 16.9 Å². The van der Waals surface area contributed by atoms with Crippen LogP contribution < -0.4 is 5.32 Å². The van der Waals surface area contributed by atoms with Crippen LogP contribution >= 0.6 is 11.8 Å². The Labute approximate surface area is 90.3 Å². The van der Waals surface area contributed by atoms with Crippen LogP contribution in [-0.2, 0) is 0 Å². The Morgan fingerprint density at radius 1 is 1.71 bits per heavy atom. The van der Waals surface area contributed by atoms with E-state index < -0.39 is 0 Å². The van der Waals surface area contributed by atoms with Gasteiger partial charge in [-0.1, -0.05) is 18.7 Å². The quantitative estimate of drug-likeness (QED) is 0.719. The molecule has 0 spiro atoms. The summed E-state index contributed by atoms with van der Waals surface area (Å²) in [4.78, 5) is 4.33. The smallest absolute Gasteiger partial charge is 0.160 e. The lowest BCUT2D eigenvalue weighted by Crippen LogP contribution is -2.18. The number of aliphatic imine (C=N–C) groups is 1. The van der Waals surface area contributed by atoms with Crippen LogP contribution in [0.5, 0.6) is 0 Å². The van der Waals surface area contributed by atoms with Crippen LogP contribution in [0.4, 0.5) is 0 Å². The van der Waals surface area contributed by atoms with E-state index in [0.717, 1.165) is 23.9 Å². The van der Waals surface area contributed by atoms with Crippen molar-refractivity contribution in [2.24, 2.45) is 10.9 Å². The third kappa shape index (κ3) is 4.38. The lowest BCUT2D eigenvalue weighted by Gasteiger charge is -2.11. The van der Waals surface area contributed by atoms with E-state index in [2.05, 4.69) is 29.1 Å². The van der Waals surface area contributed by atoms with Crippen LogP contribution in [-0.4, -0.2) is 17.5 Å². The van der Waals surface area contributed by atoms with Crippen molar-refractivity contribution < 1.29 is 0 Å². The molecule has 0 aliphatic carbocycles. The van der Waals surface area contributed by atoms with Gasteiger partial charge in [0.2, 0.25) is 0 Å². The van der Waals surface area contributed by atoms with E-state index in [1.165, 1.54) is 0 Å². The van der Waals surface area contributed by atoms with Gasteiger partial charge in [0.25, 0.3) is 0 Å². The van der Waals surface area contributed by atoms with Gasteiger partial charge >= 0.3 is 0 Å². The highest BCUT2D eigenvalue weighted by Crippen LogP contribution is 2.12.